The second-order valence-electron chi connectivity index (χ2n) is 5.93. The molecule has 0 aliphatic carbocycles. The van der Waals surface area contributed by atoms with Gasteiger partial charge < -0.3 is 10.3 Å². The summed E-state index contributed by atoms with van der Waals surface area (Å²) in [4.78, 5) is 7.17. The van der Waals surface area contributed by atoms with Crippen molar-refractivity contribution in [3.8, 4) is 0 Å². The minimum atomic E-state index is 0.481. The molecule has 2 saturated heterocycles. The summed E-state index contributed by atoms with van der Waals surface area (Å²) in [5.74, 6) is 0.663. The summed E-state index contributed by atoms with van der Waals surface area (Å²) in [6, 6.07) is 7.34. The van der Waals surface area contributed by atoms with Gasteiger partial charge in [-0.3, -0.25) is 4.90 Å². The first-order valence-electron chi connectivity index (χ1n) is 7.41. The maximum Gasteiger partial charge on any atom is 0.201 e. The Morgan fingerprint density at radius 3 is 2.95 bits per heavy atom. The Balaban J connectivity index is 1.81. The topological polar surface area (TPSA) is 47.1 Å². The number of nitrogens with zero attached hydrogens (tertiary/aromatic N) is 3. The van der Waals surface area contributed by atoms with Gasteiger partial charge in [-0.1, -0.05) is 22.4 Å². The van der Waals surface area contributed by atoms with Crippen LogP contribution < -0.4 is 5.73 Å². The van der Waals surface area contributed by atoms with Gasteiger partial charge in [-0.05, 0) is 44.0 Å². The summed E-state index contributed by atoms with van der Waals surface area (Å²) in [7, 11) is 0. The first kappa shape index (κ1) is 12.7. The Labute approximate surface area is 127 Å². The van der Waals surface area contributed by atoms with Gasteiger partial charge in [0.1, 0.15) is 0 Å². The third kappa shape index (κ3) is 1.87. The maximum absolute atomic E-state index is 6.22. The van der Waals surface area contributed by atoms with Crippen LogP contribution in [0.25, 0.3) is 11.0 Å². The number of halogens is 1. The van der Waals surface area contributed by atoms with Gasteiger partial charge in [0.15, 0.2) is 0 Å². The third-order valence-electron chi connectivity index (χ3n) is 4.83. The molecular weight excluding hydrogens is 316 g/mol. The minimum Gasteiger partial charge on any atom is -0.369 e. The number of anilines is 1. The van der Waals surface area contributed by atoms with E-state index in [1.54, 1.807) is 0 Å². The lowest BCUT2D eigenvalue weighted by atomic mass is 9.99. The molecule has 0 amide bonds. The van der Waals surface area contributed by atoms with E-state index in [0.717, 1.165) is 15.5 Å². The third-order valence-corrected chi connectivity index (χ3v) is 5.32. The minimum absolute atomic E-state index is 0.481. The van der Waals surface area contributed by atoms with Crippen molar-refractivity contribution in [1.82, 2.24) is 14.5 Å². The normalized spacial score (nSPS) is 27.1. The van der Waals surface area contributed by atoms with Crippen LogP contribution in [0.1, 0.15) is 31.7 Å². The van der Waals surface area contributed by atoms with Crippen LogP contribution in [0, 0.1) is 0 Å². The number of piperidine rings is 1. The highest BCUT2D eigenvalue weighted by Crippen LogP contribution is 2.38. The fourth-order valence-electron chi connectivity index (χ4n) is 3.96. The summed E-state index contributed by atoms with van der Waals surface area (Å²) in [5, 5.41) is 0. The van der Waals surface area contributed by atoms with Crippen molar-refractivity contribution in [2.24, 2.45) is 0 Å². The van der Waals surface area contributed by atoms with Gasteiger partial charge in [0, 0.05) is 17.1 Å². The van der Waals surface area contributed by atoms with Crippen molar-refractivity contribution < 1.29 is 0 Å². The summed E-state index contributed by atoms with van der Waals surface area (Å²) >= 11 is 3.56. The number of benzene rings is 1. The number of hydrogen-bond acceptors (Lipinski definition) is 3. The molecule has 0 saturated carbocycles. The molecule has 2 aromatic rings. The predicted molar refractivity (Wildman–Crippen MR) is 84.7 cm³/mol. The summed E-state index contributed by atoms with van der Waals surface area (Å²) in [6.45, 7) is 2.44. The van der Waals surface area contributed by atoms with Crippen LogP contribution in [-0.4, -0.2) is 33.6 Å². The molecule has 2 aliphatic heterocycles. The molecule has 0 spiro atoms. The molecule has 5 heteroatoms. The Kier molecular flexibility index (Phi) is 3.00. The van der Waals surface area contributed by atoms with Gasteiger partial charge in [0.25, 0.3) is 0 Å². The van der Waals surface area contributed by atoms with E-state index in [4.69, 9.17) is 5.73 Å². The zero-order valence-electron chi connectivity index (χ0n) is 11.4. The molecule has 2 unspecified atom stereocenters. The zero-order valence-corrected chi connectivity index (χ0v) is 13.0. The number of aromatic nitrogens is 2. The van der Waals surface area contributed by atoms with Gasteiger partial charge in [-0.15, -0.1) is 0 Å². The molecule has 20 heavy (non-hydrogen) atoms. The number of imidazole rings is 1. The number of hydrogen-bond donors (Lipinski definition) is 1. The van der Waals surface area contributed by atoms with Gasteiger partial charge in [-0.25, -0.2) is 4.98 Å². The van der Waals surface area contributed by atoms with Crippen LogP contribution in [0.15, 0.2) is 22.7 Å². The van der Waals surface area contributed by atoms with E-state index in [9.17, 15) is 0 Å². The van der Waals surface area contributed by atoms with Gasteiger partial charge >= 0.3 is 0 Å². The van der Waals surface area contributed by atoms with Gasteiger partial charge in [0.05, 0.1) is 17.1 Å². The van der Waals surface area contributed by atoms with Crippen LogP contribution in [-0.2, 0) is 0 Å². The highest BCUT2D eigenvalue weighted by atomic mass is 79.9. The molecule has 4 rings (SSSR count). The first-order valence-corrected chi connectivity index (χ1v) is 8.20. The lowest BCUT2D eigenvalue weighted by Gasteiger charge is -2.33. The number of nitrogen functional groups attached to an aromatic ring is 1. The number of fused-ring (bicyclic) bond motifs is 2. The quantitative estimate of drug-likeness (QED) is 0.871. The first-order chi connectivity index (χ1) is 9.74. The average molecular weight is 335 g/mol. The van der Waals surface area contributed by atoms with E-state index >= 15 is 0 Å². The summed E-state index contributed by atoms with van der Waals surface area (Å²) < 4.78 is 3.36. The molecule has 4 nitrogen and oxygen atoms in total. The molecule has 2 aliphatic rings. The molecular formula is C15H19BrN4. The second kappa shape index (κ2) is 4.74. The lowest BCUT2D eigenvalue weighted by molar-refractivity contribution is 0.175. The molecule has 2 fully saturated rings. The highest BCUT2D eigenvalue weighted by Gasteiger charge is 2.37. The number of nitrogens with two attached hydrogens (primary N) is 1. The molecule has 1 aromatic heterocycles. The Morgan fingerprint density at radius 1 is 1.15 bits per heavy atom. The fraction of sp³-hybridized carbons (Fsp3) is 0.533. The van der Waals surface area contributed by atoms with Crippen molar-refractivity contribution in [2.75, 3.05) is 18.8 Å². The van der Waals surface area contributed by atoms with E-state index < -0.39 is 0 Å². The predicted octanol–water partition coefficient (Wildman–Crippen LogP) is 3.18. The zero-order chi connectivity index (χ0) is 13.7. The average Bonchev–Trinajstić information content (AvgIpc) is 2.99. The monoisotopic (exact) mass is 334 g/mol. The molecule has 2 N–H and O–H groups in total. The molecule has 1 aromatic carbocycles. The summed E-state index contributed by atoms with van der Waals surface area (Å²) in [6.07, 6.45) is 5.16. The van der Waals surface area contributed by atoms with Crippen molar-refractivity contribution >= 4 is 32.9 Å². The van der Waals surface area contributed by atoms with E-state index in [1.807, 2.05) is 12.1 Å². The SMILES string of the molecule is Nc1nc2ccc(Br)cc2n1C1CCN2CCCCC12. The van der Waals surface area contributed by atoms with Gasteiger partial charge in [0.2, 0.25) is 5.95 Å². The van der Waals surface area contributed by atoms with Crippen LogP contribution in [0.3, 0.4) is 0 Å². The summed E-state index contributed by atoms with van der Waals surface area (Å²) in [5.41, 5.74) is 8.38. The second-order valence-corrected chi connectivity index (χ2v) is 6.84. The molecule has 0 bridgehead atoms. The highest BCUT2D eigenvalue weighted by molar-refractivity contribution is 9.10. The Morgan fingerprint density at radius 2 is 2.05 bits per heavy atom. The van der Waals surface area contributed by atoms with Gasteiger partial charge in [-0.2, -0.15) is 0 Å². The molecule has 106 valence electrons. The lowest BCUT2D eigenvalue weighted by Crippen LogP contribution is -2.37. The molecule has 3 heterocycles. The Bertz CT molecular complexity index is 651. The van der Waals surface area contributed by atoms with E-state index in [-0.39, 0.29) is 0 Å². The van der Waals surface area contributed by atoms with Crippen LogP contribution in [0.5, 0.6) is 0 Å². The van der Waals surface area contributed by atoms with Crippen molar-refractivity contribution in [3.63, 3.8) is 0 Å². The fourth-order valence-corrected chi connectivity index (χ4v) is 4.30. The van der Waals surface area contributed by atoms with Crippen molar-refractivity contribution in [1.29, 1.82) is 0 Å². The van der Waals surface area contributed by atoms with Crippen LogP contribution in [0.2, 0.25) is 0 Å². The largest absolute Gasteiger partial charge is 0.369 e. The van der Waals surface area contributed by atoms with Crippen molar-refractivity contribution in [3.05, 3.63) is 22.7 Å². The van der Waals surface area contributed by atoms with E-state index in [0.29, 0.717) is 18.0 Å². The van der Waals surface area contributed by atoms with E-state index in [2.05, 4.69) is 36.4 Å². The molecule has 0 radical (unpaired) electrons. The van der Waals surface area contributed by atoms with E-state index in [1.165, 1.54) is 38.8 Å². The van der Waals surface area contributed by atoms with Crippen LogP contribution >= 0.6 is 15.9 Å². The van der Waals surface area contributed by atoms with Crippen LogP contribution in [0.4, 0.5) is 5.95 Å². The number of rotatable bonds is 1. The smallest absolute Gasteiger partial charge is 0.201 e. The Hall–Kier alpha value is -1.07. The van der Waals surface area contributed by atoms with Crippen molar-refractivity contribution in [2.45, 2.75) is 37.8 Å². The maximum atomic E-state index is 6.22. The molecule has 2 atom stereocenters. The standard InChI is InChI=1S/C15H19BrN4/c16-10-4-5-11-14(9-10)20(15(17)18-11)13-6-8-19-7-2-1-3-12(13)19/h4-5,9,12-13H,1-3,6-8H2,(H2,17,18).